The molecular weight excluding hydrogens is 174 g/mol. The molecule has 1 aliphatic carbocycles. The van der Waals surface area contributed by atoms with E-state index in [4.69, 9.17) is 0 Å². The summed E-state index contributed by atoms with van der Waals surface area (Å²) < 4.78 is 0. The lowest BCUT2D eigenvalue weighted by Crippen LogP contribution is -2.24. The number of aryl methyl sites for hydroxylation is 2. The molecule has 0 saturated heterocycles. The third kappa shape index (κ3) is 1.52. The van der Waals surface area contributed by atoms with Gasteiger partial charge in [0.2, 0.25) is 5.91 Å². The Morgan fingerprint density at radius 1 is 1.50 bits per heavy atom. The van der Waals surface area contributed by atoms with E-state index < -0.39 is 0 Å². The zero-order valence-corrected chi connectivity index (χ0v) is 8.63. The van der Waals surface area contributed by atoms with Crippen LogP contribution in [0.25, 0.3) is 0 Å². The zero-order chi connectivity index (χ0) is 10.1. The van der Waals surface area contributed by atoms with Crippen LogP contribution in [0.4, 0.5) is 0 Å². The van der Waals surface area contributed by atoms with Crippen LogP contribution in [0.15, 0.2) is 18.2 Å². The minimum Gasteiger partial charge on any atom is -0.350 e. The van der Waals surface area contributed by atoms with E-state index in [1.807, 2.05) is 0 Å². The molecule has 1 aromatic rings. The van der Waals surface area contributed by atoms with Crippen LogP contribution in [0.5, 0.6) is 0 Å². The molecule has 1 aliphatic rings. The van der Waals surface area contributed by atoms with Crippen molar-refractivity contribution < 1.29 is 4.79 Å². The predicted octanol–water partition coefficient (Wildman–Crippen LogP) is 2.12. The molecule has 74 valence electrons. The highest BCUT2D eigenvalue weighted by Crippen LogP contribution is 2.33. The molecule has 0 spiro atoms. The van der Waals surface area contributed by atoms with Crippen molar-refractivity contribution >= 4 is 5.91 Å². The van der Waals surface area contributed by atoms with Crippen LogP contribution in [-0.2, 0) is 11.2 Å². The second-order valence-electron chi connectivity index (χ2n) is 3.94. The molecule has 1 atom stereocenters. The Kier molecular flexibility index (Phi) is 2.28. The van der Waals surface area contributed by atoms with Crippen LogP contribution >= 0.6 is 0 Å². The molecule has 1 N–H and O–H groups in total. The Balaban J connectivity index is 2.33. The normalized spacial score (nSPS) is 19.1. The molecule has 0 aromatic heterocycles. The van der Waals surface area contributed by atoms with Gasteiger partial charge in [-0.15, -0.1) is 0 Å². The Morgan fingerprint density at radius 3 is 3.00 bits per heavy atom. The van der Waals surface area contributed by atoms with Gasteiger partial charge in [0, 0.05) is 6.92 Å². The van der Waals surface area contributed by atoms with E-state index in [2.05, 4.69) is 30.4 Å². The topological polar surface area (TPSA) is 29.1 Å². The van der Waals surface area contributed by atoms with Crippen LogP contribution < -0.4 is 5.32 Å². The van der Waals surface area contributed by atoms with E-state index in [1.165, 1.54) is 16.7 Å². The molecule has 0 heterocycles. The monoisotopic (exact) mass is 189 g/mol. The first-order valence-electron chi connectivity index (χ1n) is 5.04. The van der Waals surface area contributed by atoms with E-state index in [1.54, 1.807) is 6.92 Å². The van der Waals surface area contributed by atoms with Crippen molar-refractivity contribution in [3.8, 4) is 0 Å². The van der Waals surface area contributed by atoms with Crippen LogP contribution in [-0.4, -0.2) is 5.91 Å². The van der Waals surface area contributed by atoms with E-state index in [0.717, 1.165) is 12.8 Å². The fourth-order valence-corrected chi connectivity index (χ4v) is 2.29. The number of nitrogens with one attached hydrogen (secondary N) is 1. The van der Waals surface area contributed by atoms with Gasteiger partial charge in [-0.2, -0.15) is 0 Å². The molecule has 1 aromatic carbocycles. The van der Waals surface area contributed by atoms with Crippen molar-refractivity contribution in [1.82, 2.24) is 5.32 Å². The summed E-state index contributed by atoms with van der Waals surface area (Å²) >= 11 is 0. The maximum absolute atomic E-state index is 11.0. The number of fused-ring (bicyclic) bond motifs is 1. The maximum Gasteiger partial charge on any atom is 0.217 e. The number of carbonyl (C=O) groups excluding carboxylic acids is 1. The fraction of sp³-hybridized carbons (Fsp3) is 0.417. The fourth-order valence-electron chi connectivity index (χ4n) is 2.29. The lowest BCUT2D eigenvalue weighted by molar-refractivity contribution is -0.119. The first kappa shape index (κ1) is 9.25. The van der Waals surface area contributed by atoms with Gasteiger partial charge in [-0.05, 0) is 36.5 Å². The minimum atomic E-state index is 0.0612. The van der Waals surface area contributed by atoms with Gasteiger partial charge in [0.05, 0.1) is 6.04 Å². The van der Waals surface area contributed by atoms with Crippen molar-refractivity contribution in [2.75, 3.05) is 0 Å². The summed E-state index contributed by atoms with van der Waals surface area (Å²) in [5.74, 6) is 0.0612. The van der Waals surface area contributed by atoms with Crippen molar-refractivity contribution in [1.29, 1.82) is 0 Å². The number of hydrogen-bond acceptors (Lipinski definition) is 1. The van der Waals surface area contributed by atoms with Gasteiger partial charge in [-0.3, -0.25) is 4.79 Å². The molecule has 2 heteroatoms. The Morgan fingerprint density at radius 2 is 2.29 bits per heavy atom. The van der Waals surface area contributed by atoms with E-state index in [0.29, 0.717) is 0 Å². The summed E-state index contributed by atoms with van der Waals surface area (Å²) in [6.45, 7) is 3.69. The minimum absolute atomic E-state index is 0.0612. The van der Waals surface area contributed by atoms with Gasteiger partial charge in [0.25, 0.3) is 0 Å². The molecule has 2 rings (SSSR count). The average Bonchev–Trinajstić information content (AvgIpc) is 2.49. The molecular formula is C12H15NO. The summed E-state index contributed by atoms with van der Waals surface area (Å²) in [6.07, 6.45) is 2.13. The molecule has 1 unspecified atom stereocenters. The molecule has 0 aliphatic heterocycles. The third-order valence-electron chi connectivity index (χ3n) is 2.84. The van der Waals surface area contributed by atoms with Crippen molar-refractivity contribution in [2.45, 2.75) is 32.7 Å². The number of amides is 1. The second-order valence-corrected chi connectivity index (χ2v) is 3.94. The number of rotatable bonds is 1. The molecule has 14 heavy (non-hydrogen) atoms. The van der Waals surface area contributed by atoms with Crippen molar-refractivity contribution in [3.63, 3.8) is 0 Å². The second kappa shape index (κ2) is 3.45. The van der Waals surface area contributed by atoms with E-state index in [-0.39, 0.29) is 11.9 Å². The zero-order valence-electron chi connectivity index (χ0n) is 8.63. The highest BCUT2D eigenvalue weighted by Gasteiger charge is 2.23. The molecule has 0 bridgehead atoms. The quantitative estimate of drug-likeness (QED) is 0.720. The lowest BCUT2D eigenvalue weighted by Gasteiger charge is -2.14. The summed E-state index contributed by atoms with van der Waals surface area (Å²) in [4.78, 5) is 11.0. The van der Waals surface area contributed by atoms with Gasteiger partial charge < -0.3 is 5.32 Å². The van der Waals surface area contributed by atoms with E-state index >= 15 is 0 Å². The van der Waals surface area contributed by atoms with Gasteiger partial charge in [-0.1, -0.05) is 18.2 Å². The first-order chi connectivity index (χ1) is 6.68. The largest absolute Gasteiger partial charge is 0.350 e. The van der Waals surface area contributed by atoms with E-state index in [9.17, 15) is 4.79 Å². The Bertz CT molecular complexity index is 371. The highest BCUT2D eigenvalue weighted by molar-refractivity contribution is 5.73. The van der Waals surface area contributed by atoms with Gasteiger partial charge in [0.1, 0.15) is 0 Å². The highest BCUT2D eigenvalue weighted by atomic mass is 16.1. The predicted molar refractivity (Wildman–Crippen MR) is 56.1 cm³/mol. The first-order valence-corrected chi connectivity index (χ1v) is 5.04. The van der Waals surface area contributed by atoms with Crippen LogP contribution in [0, 0.1) is 6.92 Å². The standard InChI is InChI=1S/C12H15NO/c1-8-4-3-5-10-6-7-11(12(8)10)13-9(2)14/h3-5,11H,6-7H2,1-2H3,(H,13,14). The molecule has 0 fully saturated rings. The summed E-state index contributed by atoms with van der Waals surface area (Å²) in [6, 6.07) is 6.59. The average molecular weight is 189 g/mol. The summed E-state index contributed by atoms with van der Waals surface area (Å²) in [5.41, 5.74) is 4.02. The van der Waals surface area contributed by atoms with Crippen molar-refractivity contribution in [3.05, 3.63) is 34.9 Å². The number of hydrogen-bond donors (Lipinski definition) is 1. The Hall–Kier alpha value is -1.31. The van der Waals surface area contributed by atoms with Crippen LogP contribution in [0.2, 0.25) is 0 Å². The molecule has 1 amide bonds. The SMILES string of the molecule is CC(=O)NC1CCc2cccc(C)c21. The third-order valence-corrected chi connectivity index (χ3v) is 2.84. The lowest BCUT2D eigenvalue weighted by atomic mass is 10.0. The summed E-state index contributed by atoms with van der Waals surface area (Å²) in [7, 11) is 0. The van der Waals surface area contributed by atoms with Gasteiger partial charge in [-0.25, -0.2) is 0 Å². The number of benzene rings is 1. The summed E-state index contributed by atoms with van der Waals surface area (Å²) in [5, 5.41) is 3.00. The molecule has 0 radical (unpaired) electrons. The smallest absolute Gasteiger partial charge is 0.217 e. The van der Waals surface area contributed by atoms with Gasteiger partial charge >= 0.3 is 0 Å². The van der Waals surface area contributed by atoms with Gasteiger partial charge in [0.15, 0.2) is 0 Å². The van der Waals surface area contributed by atoms with Crippen LogP contribution in [0.1, 0.15) is 36.1 Å². The maximum atomic E-state index is 11.0. The van der Waals surface area contributed by atoms with Crippen molar-refractivity contribution in [2.24, 2.45) is 0 Å². The molecule has 2 nitrogen and oxygen atoms in total. The van der Waals surface area contributed by atoms with Crippen LogP contribution in [0.3, 0.4) is 0 Å². The number of carbonyl (C=O) groups is 1. The Labute approximate surface area is 84.3 Å². The molecule has 0 saturated carbocycles.